The van der Waals surface area contributed by atoms with Crippen molar-refractivity contribution in [2.75, 3.05) is 0 Å². The third-order valence-corrected chi connectivity index (χ3v) is 4.94. The standard InChI is InChI=1S/C17H13Cl2N3OS/c1-11-20-14(10-22(11)15-8-4-2-6-12(15)18)17(23)21-24-16-9-5-3-7-13(16)19/h2-10H,1H3,(H,21,23). The number of imidazole rings is 1. The quantitative estimate of drug-likeness (QED) is 0.656. The number of aryl methyl sites for hydroxylation is 1. The number of benzene rings is 2. The van der Waals surface area contributed by atoms with Gasteiger partial charge in [0.25, 0.3) is 5.91 Å². The van der Waals surface area contributed by atoms with Gasteiger partial charge in [0.05, 0.1) is 15.7 Å². The molecule has 0 fully saturated rings. The van der Waals surface area contributed by atoms with Crippen LogP contribution in [0.1, 0.15) is 16.3 Å². The van der Waals surface area contributed by atoms with E-state index in [0.29, 0.717) is 21.6 Å². The van der Waals surface area contributed by atoms with E-state index >= 15 is 0 Å². The van der Waals surface area contributed by atoms with Crippen LogP contribution in [0.4, 0.5) is 0 Å². The van der Waals surface area contributed by atoms with Crippen molar-refractivity contribution in [3.05, 3.63) is 76.3 Å². The third-order valence-electron chi connectivity index (χ3n) is 3.32. The lowest BCUT2D eigenvalue weighted by molar-refractivity contribution is 0.0980. The maximum absolute atomic E-state index is 12.3. The molecular weight excluding hydrogens is 365 g/mol. The van der Waals surface area contributed by atoms with Crippen molar-refractivity contribution in [1.82, 2.24) is 14.3 Å². The van der Waals surface area contributed by atoms with Crippen LogP contribution in [0, 0.1) is 6.92 Å². The molecule has 0 atom stereocenters. The minimum atomic E-state index is -0.297. The molecule has 0 radical (unpaired) electrons. The first-order valence-electron chi connectivity index (χ1n) is 7.09. The third kappa shape index (κ3) is 3.59. The van der Waals surface area contributed by atoms with Crippen LogP contribution in [0.5, 0.6) is 0 Å². The zero-order valence-corrected chi connectivity index (χ0v) is 15.0. The normalized spacial score (nSPS) is 10.6. The maximum Gasteiger partial charge on any atom is 0.281 e. The molecule has 1 heterocycles. The smallest absolute Gasteiger partial charge is 0.281 e. The number of carbonyl (C=O) groups is 1. The van der Waals surface area contributed by atoms with E-state index in [4.69, 9.17) is 23.2 Å². The van der Waals surface area contributed by atoms with E-state index in [1.54, 1.807) is 22.9 Å². The molecule has 3 aromatic rings. The zero-order chi connectivity index (χ0) is 17.1. The fourth-order valence-corrected chi connectivity index (χ4v) is 3.25. The molecule has 0 aliphatic rings. The molecule has 0 saturated carbocycles. The lowest BCUT2D eigenvalue weighted by Gasteiger charge is -2.06. The van der Waals surface area contributed by atoms with Crippen LogP contribution in [0.2, 0.25) is 10.0 Å². The Kier molecular flexibility index (Phi) is 5.14. The van der Waals surface area contributed by atoms with E-state index in [1.807, 2.05) is 43.3 Å². The number of carbonyl (C=O) groups excluding carboxylic acids is 1. The second kappa shape index (κ2) is 7.30. The Morgan fingerprint density at radius 1 is 1.08 bits per heavy atom. The minimum absolute atomic E-state index is 0.297. The Morgan fingerprint density at radius 2 is 1.75 bits per heavy atom. The lowest BCUT2D eigenvalue weighted by atomic mass is 10.3. The maximum atomic E-state index is 12.3. The Hall–Kier alpha value is -1.95. The molecule has 3 rings (SSSR count). The molecule has 7 heteroatoms. The molecule has 2 aromatic carbocycles. The monoisotopic (exact) mass is 377 g/mol. The van der Waals surface area contributed by atoms with Crippen LogP contribution in [0.25, 0.3) is 5.69 Å². The van der Waals surface area contributed by atoms with Gasteiger partial charge >= 0.3 is 0 Å². The predicted molar refractivity (Wildman–Crippen MR) is 98.1 cm³/mol. The van der Waals surface area contributed by atoms with Crippen LogP contribution < -0.4 is 4.72 Å². The Bertz CT molecular complexity index is 895. The number of halogens is 2. The SMILES string of the molecule is Cc1nc(C(=O)NSc2ccccc2Cl)cn1-c1ccccc1Cl. The number of nitrogens with zero attached hydrogens (tertiary/aromatic N) is 2. The van der Waals surface area contributed by atoms with Gasteiger partial charge in [-0.3, -0.25) is 9.52 Å². The highest BCUT2D eigenvalue weighted by atomic mass is 35.5. The summed E-state index contributed by atoms with van der Waals surface area (Å²) in [5.74, 6) is 0.379. The van der Waals surface area contributed by atoms with Gasteiger partial charge in [-0.25, -0.2) is 4.98 Å². The topological polar surface area (TPSA) is 46.9 Å². The molecule has 0 aliphatic carbocycles. The molecule has 0 saturated heterocycles. The summed E-state index contributed by atoms with van der Waals surface area (Å²) >= 11 is 13.4. The summed E-state index contributed by atoms with van der Waals surface area (Å²) in [4.78, 5) is 17.4. The van der Waals surface area contributed by atoms with Gasteiger partial charge in [0.1, 0.15) is 11.5 Å². The Morgan fingerprint density at radius 3 is 2.46 bits per heavy atom. The van der Waals surface area contributed by atoms with Crippen molar-refractivity contribution < 1.29 is 4.79 Å². The van der Waals surface area contributed by atoms with Crippen molar-refractivity contribution >= 4 is 41.1 Å². The first-order chi connectivity index (χ1) is 11.6. The van der Waals surface area contributed by atoms with Gasteiger partial charge in [0.2, 0.25) is 0 Å². The summed E-state index contributed by atoms with van der Waals surface area (Å²) in [5, 5.41) is 1.18. The highest BCUT2D eigenvalue weighted by Crippen LogP contribution is 2.25. The minimum Gasteiger partial charge on any atom is -0.302 e. The Labute approximate surface area is 153 Å². The van der Waals surface area contributed by atoms with E-state index in [9.17, 15) is 4.79 Å². The Balaban J connectivity index is 1.78. The average Bonchev–Trinajstić information content (AvgIpc) is 2.96. The molecule has 0 spiro atoms. The summed E-state index contributed by atoms with van der Waals surface area (Å²) in [7, 11) is 0. The fraction of sp³-hybridized carbons (Fsp3) is 0.0588. The van der Waals surface area contributed by atoms with Crippen molar-refractivity contribution in [2.24, 2.45) is 0 Å². The largest absolute Gasteiger partial charge is 0.302 e. The average molecular weight is 378 g/mol. The van der Waals surface area contributed by atoms with Gasteiger partial charge in [-0.1, -0.05) is 47.5 Å². The summed E-state index contributed by atoms with van der Waals surface area (Å²) in [6.07, 6.45) is 1.67. The summed E-state index contributed by atoms with van der Waals surface area (Å²) in [5.41, 5.74) is 1.09. The second-order valence-corrected chi connectivity index (χ2v) is 6.62. The summed E-state index contributed by atoms with van der Waals surface area (Å²) in [6.45, 7) is 1.82. The first kappa shape index (κ1) is 16.9. The van der Waals surface area contributed by atoms with Crippen molar-refractivity contribution in [2.45, 2.75) is 11.8 Å². The number of nitrogens with one attached hydrogen (secondary N) is 1. The number of rotatable bonds is 4. The number of amides is 1. The van der Waals surface area contributed by atoms with Crippen LogP contribution in [0.3, 0.4) is 0 Å². The molecule has 1 aromatic heterocycles. The molecule has 0 unspecified atom stereocenters. The van der Waals surface area contributed by atoms with Crippen LogP contribution in [-0.2, 0) is 0 Å². The molecule has 1 amide bonds. The van der Waals surface area contributed by atoms with E-state index in [1.165, 1.54) is 0 Å². The highest BCUT2D eigenvalue weighted by Gasteiger charge is 2.15. The van der Waals surface area contributed by atoms with Gasteiger partial charge in [-0.05, 0) is 43.1 Å². The fourth-order valence-electron chi connectivity index (χ4n) is 2.15. The van der Waals surface area contributed by atoms with Crippen LogP contribution >= 0.6 is 35.1 Å². The molecule has 122 valence electrons. The van der Waals surface area contributed by atoms with Crippen LogP contribution in [-0.4, -0.2) is 15.5 Å². The predicted octanol–water partition coefficient (Wildman–Crippen LogP) is 4.92. The van der Waals surface area contributed by atoms with E-state index in [0.717, 1.165) is 22.5 Å². The molecule has 4 nitrogen and oxygen atoms in total. The first-order valence-corrected chi connectivity index (χ1v) is 8.66. The van der Waals surface area contributed by atoms with Gasteiger partial charge in [-0.15, -0.1) is 0 Å². The summed E-state index contributed by atoms with van der Waals surface area (Å²) < 4.78 is 4.54. The molecule has 24 heavy (non-hydrogen) atoms. The molecular formula is C17H13Cl2N3OS. The summed E-state index contributed by atoms with van der Waals surface area (Å²) in [6, 6.07) is 14.7. The highest BCUT2D eigenvalue weighted by molar-refractivity contribution is 7.98. The van der Waals surface area contributed by atoms with Crippen molar-refractivity contribution in [3.63, 3.8) is 0 Å². The number of hydrogen-bond donors (Lipinski definition) is 1. The van der Waals surface area contributed by atoms with Gasteiger partial charge in [0.15, 0.2) is 0 Å². The van der Waals surface area contributed by atoms with E-state index in [-0.39, 0.29) is 5.91 Å². The lowest BCUT2D eigenvalue weighted by Crippen LogP contribution is -2.16. The van der Waals surface area contributed by atoms with Crippen molar-refractivity contribution in [1.29, 1.82) is 0 Å². The second-order valence-electron chi connectivity index (χ2n) is 4.96. The van der Waals surface area contributed by atoms with Gasteiger partial charge in [-0.2, -0.15) is 0 Å². The van der Waals surface area contributed by atoms with Crippen molar-refractivity contribution in [3.8, 4) is 5.69 Å². The van der Waals surface area contributed by atoms with E-state index in [2.05, 4.69) is 9.71 Å². The van der Waals surface area contributed by atoms with Gasteiger partial charge in [0, 0.05) is 11.1 Å². The number of aromatic nitrogens is 2. The molecule has 0 aliphatic heterocycles. The van der Waals surface area contributed by atoms with Gasteiger partial charge < -0.3 is 4.57 Å². The zero-order valence-electron chi connectivity index (χ0n) is 12.7. The molecule has 0 bridgehead atoms. The number of para-hydroxylation sites is 1. The van der Waals surface area contributed by atoms with Crippen LogP contribution in [0.15, 0.2) is 59.6 Å². The van der Waals surface area contributed by atoms with E-state index < -0.39 is 0 Å². The number of hydrogen-bond acceptors (Lipinski definition) is 3. The molecule has 1 N–H and O–H groups in total.